The number of fused-ring (bicyclic) bond motifs is 1. The molecule has 0 radical (unpaired) electrons. The number of allylic oxidation sites excluding steroid dienone is 1. The lowest BCUT2D eigenvalue weighted by Crippen LogP contribution is -2.39. The van der Waals surface area contributed by atoms with Gasteiger partial charge in [-0.2, -0.15) is 13.2 Å². The first-order valence-corrected chi connectivity index (χ1v) is 17.0. The van der Waals surface area contributed by atoms with Crippen molar-refractivity contribution in [2.24, 2.45) is 5.92 Å². The molecule has 0 amide bonds. The highest BCUT2D eigenvalue weighted by Crippen LogP contribution is 2.38. The average Bonchev–Trinajstić information content (AvgIpc) is 3.38. The molecule has 11 heteroatoms. The zero-order valence-corrected chi connectivity index (χ0v) is 26.0. The van der Waals surface area contributed by atoms with Crippen LogP contribution in [0.15, 0.2) is 46.9 Å². The van der Waals surface area contributed by atoms with E-state index in [-0.39, 0.29) is 17.5 Å². The summed E-state index contributed by atoms with van der Waals surface area (Å²) in [6.45, 7) is 3.70. The minimum Gasteiger partial charge on any atom is -0.495 e. The Balaban J connectivity index is 1.35. The smallest absolute Gasteiger partial charge is 0.389 e. The summed E-state index contributed by atoms with van der Waals surface area (Å²) in [5.74, 6) is 5.64. The zero-order chi connectivity index (χ0) is 31.3. The number of methoxy groups -OCH3 is 1. The van der Waals surface area contributed by atoms with E-state index in [1.165, 1.54) is 19.2 Å². The second-order valence-corrected chi connectivity index (χ2v) is 13.8. The van der Waals surface area contributed by atoms with Crippen molar-refractivity contribution in [2.75, 3.05) is 56.8 Å². The van der Waals surface area contributed by atoms with E-state index in [1.807, 2.05) is 24.3 Å². The van der Waals surface area contributed by atoms with E-state index < -0.39 is 28.4 Å². The number of nitrogens with zero attached hydrogens (tertiary/aromatic N) is 1. The fourth-order valence-corrected chi connectivity index (χ4v) is 6.99. The van der Waals surface area contributed by atoms with Crippen LogP contribution in [0.5, 0.6) is 5.75 Å². The lowest BCUT2D eigenvalue weighted by atomic mass is 9.91. The van der Waals surface area contributed by atoms with Crippen molar-refractivity contribution < 1.29 is 31.1 Å². The van der Waals surface area contributed by atoms with Crippen LogP contribution in [0.3, 0.4) is 0 Å². The molecule has 2 unspecified atom stereocenters. The Morgan fingerprint density at radius 1 is 1.09 bits per heavy atom. The molecule has 2 aliphatic heterocycles. The number of sulfone groups is 1. The molecule has 5 rings (SSSR count). The summed E-state index contributed by atoms with van der Waals surface area (Å²) in [7, 11) is -1.97. The van der Waals surface area contributed by atoms with Crippen LogP contribution in [0.25, 0.3) is 6.08 Å². The van der Waals surface area contributed by atoms with Gasteiger partial charge in [-0.1, -0.05) is 24.0 Å². The summed E-state index contributed by atoms with van der Waals surface area (Å²) in [5.41, 5.74) is 3.87. The molecule has 7 nitrogen and oxygen atoms in total. The van der Waals surface area contributed by atoms with E-state index in [1.54, 1.807) is 6.07 Å². The van der Waals surface area contributed by atoms with Gasteiger partial charge in [-0.3, -0.25) is 4.90 Å². The molecule has 2 fully saturated rings. The molecule has 2 saturated heterocycles. The fourth-order valence-electron chi connectivity index (χ4n) is 6.36. The van der Waals surface area contributed by atoms with Crippen LogP contribution in [-0.4, -0.2) is 77.8 Å². The number of likely N-dealkylation sites (tertiary alicyclic amines) is 1. The molecule has 2 heterocycles. The fraction of sp³-hybridized carbons (Fsp3) is 0.515. The first kappa shape index (κ1) is 32.2. The van der Waals surface area contributed by atoms with Gasteiger partial charge in [0.05, 0.1) is 30.7 Å². The summed E-state index contributed by atoms with van der Waals surface area (Å²) >= 11 is 0. The molecule has 0 spiro atoms. The molecule has 2 atom stereocenters. The van der Waals surface area contributed by atoms with Crippen molar-refractivity contribution >= 4 is 27.3 Å². The van der Waals surface area contributed by atoms with Crippen LogP contribution < -0.4 is 15.4 Å². The number of ether oxygens (including phenoxy) is 2. The summed E-state index contributed by atoms with van der Waals surface area (Å²) in [6, 6.07) is 11.3. The SMILES string of the molecule is COc1cc(S(C)(=O)=O)ccc1NCC#CC1=Cc2c(cccc2NC2CCN(C3CCOCC3)C2)CCC1CC(F)(F)F. The number of hydrogen-bond donors (Lipinski definition) is 2. The molecule has 1 aliphatic carbocycles. The molecule has 0 bridgehead atoms. The second kappa shape index (κ2) is 13.8. The number of alkyl halides is 3. The first-order valence-electron chi connectivity index (χ1n) is 15.1. The van der Waals surface area contributed by atoms with Gasteiger partial charge >= 0.3 is 6.18 Å². The molecule has 238 valence electrons. The number of rotatable bonds is 8. The zero-order valence-electron chi connectivity index (χ0n) is 25.2. The molecule has 44 heavy (non-hydrogen) atoms. The first-order chi connectivity index (χ1) is 21.0. The van der Waals surface area contributed by atoms with Gasteiger partial charge in [0.25, 0.3) is 0 Å². The van der Waals surface area contributed by atoms with Crippen molar-refractivity contribution in [3.63, 3.8) is 0 Å². The minimum absolute atomic E-state index is 0.126. The standard InChI is InChI=1S/C33H40F3N3O4S/c1-42-32-20-28(44(2,40)41)10-11-31(32)37-15-4-6-24-19-29-23(8-9-25(24)21-33(34,35)36)5-3-7-30(29)38-26-12-16-39(22-26)27-13-17-43-18-14-27/h3,5,7,10-11,19-20,25-27,37-38H,8-9,12-18,21-22H2,1-2H3. The Morgan fingerprint density at radius 2 is 1.89 bits per heavy atom. The van der Waals surface area contributed by atoms with Crippen molar-refractivity contribution in [2.45, 2.75) is 61.7 Å². The molecule has 0 aromatic heterocycles. The molecular weight excluding hydrogens is 591 g/mol. The van der Waals surface area contributed by atoms with Crippen LogP contribution in [0.2, 0.25) is 0 Å². The van der Waals surface area contributed by atoms with Gasteiger partial charge in [-0.25, -0.2) is 8.42 Å². The van der Waals surface area contributed by atoms with Crippen LogP contribution in [0, 0.1) is 17.8 Å². The lowest BCUT2D eigenvalue weighted by Gasteiger charge is -2.31. The quantitative estimate of drug-likeness (QED) is 0.358. The monoisotopic (exact) mass is 631 g/mol. The predicted octanol–water partition coefficient (Wildman–Crippen LogP) is 5.78. The van der Waals surface area contributed by atoms with Gasteiger partial charge < -0.3 is 20.1 Å². The number of halogens is 3. The Labute approximate surface area is 258 Å². The van der Waals surface area contributed by atoms with Gasteiger partial charge in [0.1, 0.15) is 5.75 Å². The maximum Gasteiger partial charge on any atom is 0.389 e. The third-order valence-electron chi connectivity index (χ3n) is 8.66. The Kier molecular flexibility index (Phi) is 10.1. The van der Waals surface area contributed by atoms with Gasteiger partial charge in [0, 0.05) is 73.5 Å². The molecule has 3 aliphatic rings. The van der Waals surface area contributed by atoms with Crippen molar-refractivity contribution in [1.29, 1.82) is 0 Å². The van der Waals surface area contributed by atoms with Crippen LogP contribution >= 0.6 is 0 Å². The van der Waals surface area contributed by atoms with E-state index in [4.69, 9.17) is 9.47 Å². The Morgan fingerprint density at radius 3 is 2.61 bits per heavy atom. The molecule has 2 aromatic carbocycles. The minimum atomic E-state index is -4.31. The summed E-state index contributed by atoms with van der Waals surface area (Å²) in [4.78, 5) is 2.66. The normalized spacial score (nSPS) is 21.4. The van der Waals surface area contributed by atoms with Crippen LogP contribution in [0.1, 0.15) is 43.2 Å². The number of anilines is 2. The molecule has 2 N–H and O–H groups in total. The van der Waals surface area contributed by atoms with Gasteiger partial charge in [-0.15, -0.1) is 0 Å². The van der Waals surface area contributed by atoms with E-state index in [0.29, 0.717) is 35.9 Å². The lowest BCUT2D eigenvalue weighted by molar-refractivity contribution is -0.141. The summed E-state index contributed by atoms with van der Waals surface area (Å²) < 4.78 is 75.6. The number of benzene rings is 2. The predicted molar refractivity (Wildman–Crippen MR) is 167 cm³/mol. The van der Waals surface area contributed by atoms with E-state index >= 15 is 0 Å². The highest BCUT2D eigenvalue weighted by Gasteiger charge is 2.35. The van der Waals surface area contributed by atoms with Crippen LogP contribution in [-0.2, 0) is 21.0 Å². The van der Waals surface area contributed by atoms with Crippen molar-refractivity contribution in [1.82, 2.24) is 4.90 Å². The third-order valence-corrected chi connectivity index (χ3v) is 9.77. The van der Waals surface area contributed by atoms with Crippen molar-refractivity contribution in [3.8, 4) is 17.6 Å². The summed E-state index contributed by atoms with van der Waals surface area (Å²) in [5, 5.41) is 6.81. The Hall–Kier alpha value is -3.20. The number of aryl methyl sites for hydroxylation is 1. The molecular formula is C33H40F3N3O4S. The highest BCUT2D eigenvalue weighted by molar-refractivity contribution is 7.90. The number of hydrogen-bond acceptors (Lipinski definition) is 7. The van der Waals surface area contributed by atoms with E-state index in [2.05, 4.69) is 27.4 Å². The highest BCUT2D eigenvalue weighted by atomic mass is 32.2. The Bertz CT molecular complexity index is 1520. The maximum atomic E-state index is 13.7. The van der Waals surface area contributed by atoms with Gasteiger partial charge in [0.15, 0.2) is 9.84 Å². The van der Waals surface area contributed by atoms with Crippen molar-refractivity contribution in [3.05, 3.63) is 53.1 Å². The van der Waals surface area contributed by atoms with E-state index in [9.17, 15) is 21.6 Å². The summed E-state index contributed by atoms with van der Waals surface area (Å²) in [6.07, 6.45) is 1.72. The third kappa shape index (κ3) is 8.29. The second-order valence-electron chi connectivity index (χ2n) is 11.8. The maximum absolute atomic E-state index is 13.7. The number of nitrogens with one attached hydrogen (secondary N) is 2. The molecule has 2 aromatic rings. The van der Waals surface area contributed by atoms with Gasteiger partial charge in [-0.05, 0) is 61.9 Å². The van der Waals surface area contributed by atoms with Gasteiger partial charge in [0.2, 0.25) is 0 Å². The largest absolute Gasteiger partial charge is 0.495 e. The topological polar surface area (TPSA) is 79.9 Å². The average molecular weight is 632 g/mol. The van der Waals surface area contributed by atoms with Crippen LogP contribution in [0.4, 0.5) is 24.5 Å². The van der Waals surface area contributed by atoms with E-state index in [0.717, 1.165) is 68.6 Å². The molecule has 0 saturated carbocycles.